The van der Waals surface area contributed by atoms with Crippen LogP contribution in [0.2, 0.25) is 0 Å². The molecule has 0 fully saturated rings. The zero-order chi connectivity index (χ0) is 21.3. The van der Waals surface area contributed by atoms with Crippen molar-refractivity contribution in [2.45, 2.75) is 26.2 Å². The first-order chi connectivity index (χ1) is 14.5. The Balaban J connectivity index is 1.53. The van der Waals surface area contributed by atoms with Crippen LogP contribution in [0.5, 0.6) is 5.75 Å². The summed E-state index contributed by atoms with van der Waals surface area (Å²) in [5, 5.41) is 5.62. The molecule has 0 saturated carbocycles. The van der Waals surface area contributed by atoms with Gasteiger partial charge in [-0.15, -0.1) is 0 Å². The highest BCUT2D eigenvalue weighted by Crippen LogP contribution is 2.21. The monoisotopic (exact) mass is 402 g/mol. The average Bonchev–Trinajstić information content (AvgIpc) is 2.78. The van der Waals surface area contributed by atoms with E-state index < -0.39 is 0 Å². The summed E-state index contributed by atoms with van der Waals surface area (Å²) in [5.74, 6) is 0.675. The van der Waals surface area contributed by atoms with Crippen LogP contribution in [0.3, 0.4) is 0 Å². The molecule has 30 heavy (non-hydrogen) atoms. The van der Waals surface area contributed by atoms with Gasteiger partial charge in [0, 0.05) is 16.9 Å². The molecule has 5 heteroatoms. The maximum absolute atomic E-state index is 12.3. The number of hydrogen-bond donors (Lipinski definition) is 2. The average molecular weight is 402 g/mol. The molecule has 0 saturated heterocycles. The first-order valence-electron chi connectivity index (χ1n) is 10.0. The summed E-state index contributed by atoms with van der Waals surface area (Å²) in [6.07, 6.45) is 1.08. The highest BCUT2D eigenvalue weighted by molar-refractivity contribution is 6.04. The van der Waals surface area contributed by atoms with Gasteiger partial charge in [0.2, 0.25) is 0 Å². The first kappa shape index (κ1) is 21.1. The predicted molar refractivity (Wildman–Crippen MR) is 120 cm³/mol. The fourth-order valence-electron chi connectivity index (χ4n) is 2.94. The molecule has 0 radical (unpaired) electrons. The Hall–Kier alpha value is -3.60. The molecule has 5 nitrogen and oxygen atoms in total. The number of carbonyl (C=O) groups is 2. The Morgan fingerprint density at radius 3 is 2.20 bits per heavy atom. The maximum atomic E-state index is 12.3. The summed E-state index contributed by atoms with van der Waals surface area (Å²) in [4.78, 5) is 24.5. The number of rotatable bonds is 8. The van der Waals surface area contributed by atoms with Crippen molar-refractivity contribution in [3.05, 3.63) is 90.0 Å². The molecular formula is C25H26N2O3. The Kier molecular flexibility index (Phi) is 7.22. The van der Waals surface area contributed by atoms with Gasteiger partial charge in [-0.3, -0.25) is 9.59 Å². The molecule has 0 heterocycles. The number of amides is 2. The minimum atomic E-state index is -0.271. The minimum Gasteiger partial charge on any atom is -0.484 e. The molecular weight excluding hydrogens is 376 g/mol. The third kappa shape index (κ3) is 5.95. The maximum Gasteiger partial charge on any atom is 0.262 e. The highest BCUT2D eigenvalue weighted by atomic mass is 16.5. The second-order valence-corrected chi connectivity index (χ2v) is 7.12. The van der Waals surface area contributed by atoms with Crippen LogP contribution in [0, 0.1) is 0 Å². The fourth-order valence-corrected chi connectivity index (χ4v) is 2.94. The van der Waals surface area contributed by atoms with Gasteiger partial charge in [-0.05, 0) is 60.4 Å². The highest BCUT2D eigenvalue weighted by Gasteiger charge is 2.08. The number of ether oxygens (including phenoxy) is 1. The van der Waals surface area contributed by atoms with E-state index in [4.69, 9.17) is 4.74 Å². The van der Waals surface area contributed by atoms with Crippen molar-refractivity contribution in [3.8, 4) is 5.75 Å². The summed E-state index contributed by atoms with van der Waals surface area (Å²) in [6.45, 7) is 4.24. The molecule has 2 N–H and O–H groups in total. The quantitative estimate of drug-likeness (QED) is 0.525. The van der Waals surface area contributed by atoms with Crippen LogP contribution in [0.1, 0.15) is 42.1 Å². The largest absolute Gasteiger partial charge is 0.484 e. The van der Waals surface area contributed by atoms with Gasteiger partial charge in [-0.1, -0.05) is 50.2 Å². The molecule has 3 rings (SSSR count). The van der Waals surface area contributed by atoms with Gasteiger partial charge in [-0.2, -0.15) is 0 Å². The number of carbonyl (C=O) groups excluding carboxylic acids is 2. The Morgan fingerprint density at radius 2 is 1.53 bits per heavy atom. The van der Waals surface area contributed by atoms with Crippen molar-refractivity contribution in [2.24, 2.45) is 0 Å². The second-order valence-electron chi connectivity index (χ2n) is 7.12. The van der Waals surface area contributed by atoms with Gasteiger partial charge in [0.15, 0.2) is 6.61 Å². The zero-order valence-electron chi connectivity index (χ0n) is 17.2. The van der Waals surface area contributed by atoms with Gasteiger partial charge in [0.1, 0.15) is 5.75 Å². The van der Waals surface area contributed by atoms with E-state index in [1.165, 1.54) is 5.56 Å². The van der Waals surface area contributed by atoms with Crippen LogP contribution in [-0.4, -0.2) is 18.4 Å². The van der Waals surface area contributed by atoms with Crippen molar-refractivity contribution >= 4 is 23.2 Å². The molecule has 3 aromatic carbocycles. The Labute approximate surface area is 177 Å². The Morgan fingerprint density at radius 1 is 0.867 bits per heavy atom. The van der Waals surface area contributed by atoms with Crippen molar-refractivity contribution in [3.63, 3.8) is 0 Å². The summed E-state index contributed by atoms with van der Waals surface area (Å²) < 4.78 is 5.58. The standard InChI is InChI=1S/C25H26N2O3/c1-3-18(2)19-12-14-23(15-13-19)30-17-24(28)26-21-10-7-11-22(16-21)27-25(29)20-8-5-4-6-9-20/h4-16,18H,3,17H2,1-2H3,(H,26,28)(H,27,29)/t18-/m1/s1. The smallest absolute Gasteiger partial charge is 0.262 e. The first-order valence-corrected chi connectivity index (χ1v) is 10.0. The fraction of sp³-hybridized carbons (Fsp3) is 0.200. The topological polar surface area (TPSA) is 67.4 Å². The molecule has 0 spiro atoms. The van der Waals surface area contributed by atoms with Crippen molar-refractivity contribution < 1.29 is 14.3 Å². The minimum absolute atomic E-state index is 0.0940. The number of anilines is 2. The summed E-state index contributed by atoms with van der Waals surface area (Å²) in [7, 11) is 0. The lowest BCUT2D eigenvalue weighted by atomic mass is 9.99. The summed E-state index contributed by atoms with van der Waals surface area (Å²) in [5.41, 5.74) is 3.01. The molecule has 0 aromatic heterocycles. The molecule has 3 aromatic rings. The van der Waals surface area contributed by atoms with E-state index in [0.29, 0.717) is 28.6 Å². The molecule has 2 amide bonds. The Bertz CT molecular complexity index is 985. The van der Waals surface area contributed by atoms with Gasteiger partial charge in [0.05, 0.1) is 0 Å². The van der Waals surface area contributed by atoms with E-state index in [9.17, 15) is 9.59 Å². The number of nitrogens with one attached hydrogen (secondary N) is 2. The van der Waals surface area contributed by atoms with Crippen LogP contribution in [-0.2, 0) is 4.79 Å². The van der Waals surface area contributed by atoms with Crippen molar-refractivity contribution in [1.29, 1.82) is 0 Å². The molecule has 0 unspecified atom stereocenters. The second kappa shape index (κ2) is 10.3. The third-order valence-electron chi connectivity index (χ3n) is 4.87. The van der Waals surface area contributed by atoms with Crippen molar-refractivity contribution in [2.75, 3.05) is 17.2 Å². The normalized spacial score (nSPS) is 11.4. The molecule has 154 valence electrons. The van der Waals surface area contributed by atoms with E-state index in [0.717, 1.165) is 6.42 Å². The van der Waals surface area contributed by atoms with Gasteiger partial charge < -0.3 is 15.4 Å². The van der Waals surface area contributed by atoms with E-state index in [-0.39, 0.29) is 18.4 Å². The molecule has 0 aliphatic heterocycles. The van der Waals surface area contributed by atoms with Crippen molar-refractivity contribution in [1.82, 2.24) is 0 Å². The van der Waals surface area contributed by atoms with E-state index in [2.05, 4.69) is 24.5 Å². The third-order valence-corrected chi connectivity index (χ3v) is 4.87. The van der Waals surface area contributed by atoms with E-state index in [1.54, 1.807) is 36.4 Å². The van der Waals surface area contributed by atoms with Crippen LogP contribution in [0.4, 0.5) is 11.4 Å². The molecule has 0 bridgehead atoms. The van der Waals surface area contributed by atoms with Gasteiger partial charge in [-0.25, -0.2) is 0 Å². The van der Waals surface area contributed by atoms with Crippen LogP contribution in [0.15, 0.2) is 78.9 Å². The zero-order valence-corrected chi connectivity index (χ0v) is 17.2. The van der Waals surface area contributed by atoms with Gasteiger partial charge >= 0.3 is 0 Å². The summed E-state index contributed by atoms with van der Waals surface area (Å²) in [6, 6.07) is 23.8. The lowest BCUT2D eigenvalue weighted by Gasteiger charge is -2.11. The molecule has 0 aliphatic rings. The summed E-state index contributed by atoms with van der Waals surface area (Å²) >= 11 is 0. The van der Waals surface area contributed by atoms with Crippen LogP contribution >= 0.6 is 0 Å². The predicted octanol–water partition coefficient (Wildman–Crippen LogP) is 5.47. The SMILES string of the molecule is CC[C@@H](C)c1ccc(OCC(=O)Nc2cccc(NC(=O)c3ccccc3)c2)cc1. The lowest BCUT2D eigenvalue weighted by molar-refractivity contribution is -0.118. The molecule has 1 atom stereocenters. The van der Waals surface area contributed by atoms with E-state index in [1.807, 2.05) is 42.5 Å². The lowest BCUT2D eigenvalue weighted by Crippen LogP contribution is -2.20. The number of hydrogen-bond acceptors (Lipinski definition) is 3. The number of benzene rings is 3. The molecule has 0 aliphatic carbocycles. The van der Waals surface area contributed by atoms with E-state index >= 15 is 0 Å². The van der Waals surface area contributed by atoms with Crippen LogP contribution in [0.25, 0.3) is 0 Å². The van der Waals surface area contributed by atoms with Gasteiger partial charge in [0.25, 0.3) is 11.8 Å². The van der Waals surface area contributed by atoms with Crippen LogP contribution < -0.4 is 15.4 Å².